The molecule has 3 heterocycles. The first kappa shape index (κ1) is 28.3. The first-order valence-electron chi connectivity index (χ1n) is 13.8. The highest BCUT2D eigenvalue weighted by atomic mass is 16.5. The summed E-state index contributed by atoms with van der Waals surface area (Å²) in [6, 6.07) is 18.1. The van der Waals surface area contributed by atoms with Crippen LogP contribution < -0.4 is 20.1 Å². The van der Waals surface area contributed by atoms with Crippen LogP contribution in [0.4, 0.5) is 5.82 Å². The van der Waals surface area contributed by atoms with Gasteiger partial charge in [0.05, 0.1) is 33.2 Å². The molecule has 0 bridgehead atoms. The van der Waals surface area contributed by atoms with Gasteiger partial charge in [-0.05, 0) is 35.4 Å². The van der Waals surface area contributed by atoms with E-state index >= 15 is 0 Å². The first-order chi connectivity index (χ1) is 20.9. The van der Waals surface area contributed by atoms with Crippen LogP contribution in [0.3, 0.4) is 0 Å². The van der Waals surface area contributed by atoms with E-state index in [0.29, 0.717) is 28.5 Å². The van der Waals surface area contributed by atoms with Crippen LogP contribution in [0.5, 0.6) is 11.5 Å². The second-order valence-electron chi connectivity index (χ2n) is 10.3. The largest absolute Gasteiger partial charge is 0.497 e. The van der Waals surface area contributed by atoms with Gasteiger partial charge in [0, 0.05) is 11.6 Å². The highest BCUT2D eigenvalue weighted by Gasteiger charge is 2.46. The van der Waals surface area contributed by atoms with E-state index in [1.807, 2.05) is 25.1 Å². The van der Waals surface area contributed by atoms with E-state index in [1.165, 1.54) is 26.9 Å². The number of carbonyl (C=O) groups excluding carboxylic acids is 1. The lowest BCUT2D eigenvalue weighted by Crippen LogP contribution is -2.46. The molecule has 1 fully saturated rings. The second kappa shape index (κ2) is 11.8. The predicted octanol–water partition coefficient (Wildman–Crippen LogP) is 3.22. The van der Waals surface area contributed by atoms with Gasteiger partial charge in [-0.2, -0.15) is 0 Å². The minimum atomic E-state index is -1.21. The predicted molar refractivity (Wildman–Crippen MR) is 159 cm³/mol. The summed E-state index contributed by atoms with van der Waals surface area (Å²) < 4.78 is 18.2. The number of imidazole rings is 1. The van der Waals surface area contributed by atoms with Crippen molar-refractivity contribution in [2.45, 2.75) is 37.4 Å². The average molecular weight is 585 g/mol. The fourth-order valence-electron chi connectivity index (χ4n) is 5.52. The second-order valence-corrected chi connectivity index (χ2v) is 10.3. The van der Waals surface area contributed by atoms with Gasteiger partial charge in [-0.1, -0.05) is 42.5 Å². The molecule has 2 aromatic heterocycles. The normalized spacial score (nSPS) is 20.7. The van der Waals surface area contributed by atoms with Gasteiger partial charge in [-0.3, -0.25) is 9.36 Å². The summed E-state index contributed by atoms with van der Waals surface area (Å²) in [5.74, 6) is 0.907. The van der Waals surface area contributed by atoms with E-state index in [4.69, 9.17) is 14.2 Å². The van der Waals surface area contributed by atoms with E-state index in [2.05, 4.69) is 49.9 Å². The van der Waals surface area contributed by atoms with Gasteiger partial charge < -0.3 is 35.1 Å². The number of aromatic nitrogens is 4. The van der Waals surface area contributed by atoms with Crippen molar-refractivity contribution < 1.29 is 29.2 Å². The third-order valence-corrected chi connectivity index (χ3v) is 7.74. The fraction of sp³-hybridized carbons (Fsp3) is 0.290. The number of methoxy groups -OCH3 is 2. The molecule has 0 spiro atoms. The van der Waals surface area contributed by atoms with Crippen molar-refractivity contribution in [3.05, 3.63) is 84.4 Å². The molecule has 1 amide bonds. The summed E-state index contributed by atoms with van der Waals surface area (Å²) in [4.78, 5) is 26.8. The van der Waals surface area contributed by atoms with Crippen molar-refractivity contribution in [2.75, 3.05) is 26.1 Å². The lowest BCUT2D eigenvalue weighted by atomic mass is 10.00. The zero-order valence-corrected chi connectivity index (χ0v) is 23.8. The Morgan fingerprint density at radius 2 is 1.79 bits per heavy atom. The molecule has 1 aliphatic heterocycles. The third-order valence-electron chi connectivity index (χ3n) is 7.74. The Morgan fingerprint density at radius 1 is 1.05 bits per heavy atom. The van der Waals surface area contributed by atoms with E-state index < -0.39 is 37.0 Å². The van der Waals surface area contributed by atoms with Crippen LogP contribution in [0.15, 0.2) is 73.3 Å². The maximum atomic E-state index is 13.3. The van der Waals surface area contributed by atoms with Crippen molar-refractivity contribution >= 4 is 33.7 Å². The highest BCUT2D eigenvalue weighted by Crippen LogP contribution is 2.34. The van der Waals surface area contributed by atoms with Gasteiger partial charge >= 0.3 is 0 Å². The maximum absolute atomic E-state index is 13.3. The molecule has 12 nitrogen and oxygen atoms in total. The van der Waals surface area contributed by atoms with Gasteiger partial charge in [-0.15, -0.1) is 0 Å². The third kappa shape index (κ3) is 5.31. The lowest BCUT2D eigenvalue weighted by molar-refractivity contribution is -0.0440. The Kier molecular flexibility index (Phi) is 7.80. The Hall–Kier alpha value is -4.78. The van der Waals surface area contributed by atoms with E-state index in [1.54, 1.807) is 22.8 Å². The Bertz CT molecular complexity index is 1750. The number of carbonyl (C=O) groups is 1. The molecule has 1 aliphatic rings. The van der Waals surface area contributed by atoms with E-state index in [-0.39, 0.29) is 11.6 Å². The zero-order valence-electron chi connectivity index (χ0n) is 23.8. The van der Waals surface area contributed by atoms with Crippen LogP contribution >= 0.6 is 0 Å². The topological polar surface area (TPSA) is 153 Å². The number of hydrogen-bond donors (Lipinski definition) is 4. The van der Waals surface area contributed by atoms with Gasteiger partial charge in [-0.25, -0.2) is 15.0 Å². The van der Waals surface area contributed by atoms with Crippen LogP contribution in [0, 0.1) is 0 Å². The number of benzene rings is 3. The average Bonchev–Trinajstić information content (AvgIpc) is 3.61. The number of aliphatic hydroxyl groups is 2. The van der Waals surface area contributed by atoms with Crippen LogP contribution in [0.1, 0.15) is 35.1 Å². The molecule has 43 heavy (non-hydrogen) atoms. The molecule has 0 aliphatic carbocycles. The molecule has 3 aromatic carbocycles. The van der Waals surface area contributed by atoms with Gasteiger partial charge in [0.25, 0.3) is 5.91 Å². The zero-order chi connectivity index (χ0) is 30.1. The number of fused-ring (bicyclic) bond motifs is 2. The van der Waals surface area contributed by atoms with Crippen LogP contribution in [-0.2, 0) is 4.74 Å². The summed E-state index contributed by atoms with van der Waals surface area (Å²) in [6.45, 7) is 1.60. The minimum Gasteiger partial charge on any atom is -0.497 e. The van der Waals surface area contributed by atoms with Crippen LogP contribution in [0.25, 0.3) is 21.9 Å². The smallest absolute Gasteiger partial charge is 0.252 e. The summed E-state index contributed by atoms with van der Waals surface area (Å²) in [7, 11) is 2.98. The quantitative estimate of drug-likeness (QED) is 0.203. The number of amides is 1. The molecule has 5 aromatic rings. The van der Waals surface area contributed by atoms with Crippen molar-refractivity contribution in [3.63, 3.8) is 0 Å². The summed E-state index contributed by atoms with van der Waals surface area (Å²) in [5.41, 5.74) is 2.29. The summed E-state index contributed by atoms with van der Waals surface area (Å²) in [5, 5.41) is 29.5. The number of hydrogen-bond acceptors (Lipinski definition) is 10. The molecule has 4 N–H and O–H groups in total. The lowest BCUT2D eigenvalue weighted by Gasteiger charge is -2.23. The molecular formula is C31H32N6O6. The number of nitrogens with zero attached hydrogens (tertiary/aromatic N) is 4. The molecule has 5 atom stereocenters. The van der Waals surface area contributed by atoms with Gasteiger partial charge in [0.2, 0.25) is 0 Å². The number of rotatable bonds is 9. The number of nitrogens with one attached hydrogen (secondary N) is 2. The fourth-order valence-corrected chi connectivity index (χ4v) is 5.52. The summed E-state index contributed by atoms with van der Waals surface area (Å²) >= 11 is 0. The maximum Gasteiger partial charge on any atom is 0.252 e. The monoisotopic (exact) mass is 584 g/mol. The highest BCUT2D eigenvalue weighted by molar-refractivity contribution is 5.95. The molecule has 0 saturated carbocycles. The van der Waals surface area contributed by atoms with Crippen LogP contribution in [-0.4, -0.2) is 74.7 Å². The Morgan fingerprint density at radius 3 is 2.53 bits per heavy atom. The molecule has 222 valence electrons. The summed E-state index contributed by atoms with van der Waals surface area (Å²) in [6.07, 6.45) is -0.137. The van der Waals surface area contributed by atoms with Crippen molar-refractivity contribution in [2.24, 2.45) is 0 Å². The Labute approximate surface area is 247 Å². The van der Waals surface area contributed by atoms with Gasteiger partial charge in [0.15, 0.2) is 23.2 Å². The van der Waals surface area contributed by atoms with Crippen molar-refractivity contribution in [1.29, 1.82) is 0 Å². The van der Waals surface area contributed by atoms with Crippen molar-refractivity contribution in [3.8, 4) is 11.5 Å². The standard InChI is InChI=1S/C31H32N6O6/c1-17(22-10-6-8-18-7-4-5-9-23(18)22)35-28-26-29(33-15-32-28)37(16-34-26)31-25(27(39)24(14-38)43-31)36-30(40)19-11-20(41-2)13-21(12-19)42-3/h4-13,15-17,24-25,27,31,38-39H,14H2,1-3H3,(H,36,40)(H,32,33,35)/t17-,24-,25-,27-,31-/m1/s1. The molecule has 6 rings (SSSR count). The molecular weight excluding hydrogens is 552 g/mol. The van der Waals surface area contributed by atoms with Crippen LogP contribution in [0.2, 0.25) is 0 Å². The van der Waals surface area contributed by atoms with E-state index in [0.717, 1.165) is 16.3 Å². The molecule has 0 radical (unpaired) electrons. The Balaban J connectivity index is 1.30. The van der Waals surface area contributed by atoms with Gasteiger partial charge in [0.1, 0.15) is 36.1 Å². The minimum absolute atomic E-state index is 0.107. The SMILES string of the molecule is COc1cc(OC)cc(C(=O)N[C@@H]2[C@H](O)[C@@H](CO)O[C@H]2n2cnc3c(N[C@H](C)c4cccc5ccccc45)ncnc32)c1. The molecule has 1 saturated heterocycles. The molecule has 0 unspecified atom stereocenters. The number of anilines is 1. The number of ether oxygens (including phenoxy) is 3. The van der Waals surface area contributed by atoms with Crippen molar-refractivity contribution in [1.82, 2.24) is 24.8 Å². The number of aliphatic hydroxyl groups excluding tert-OH is 2. The molecule has 12 heteroatoms. The van der Waals surface area contributed by atoms with E-state index in [9.17, 15) is 15.0 Å². The first-order valence-corrected chi connectivity index (χ1v) is 13.8.